The molecule has 0 bridgehead atoms. The maximum Gasteiger partial charge on any atom is 0.0215 e. The van der Waals surface area contributed by atoms with Crippen LogP contribution in [0.3, 0.4) is 0 Å². The van der Waals surface area contributed by atoms with Gasteiger partial charge in [-0.3, -0.25) is 0 Å². The van der Waals surface area contributed by atoms with Crippen molar-refractivity contribution in [3.05, 3.63) is 0 Å². The summed E-state index contributed by atoms with van der Waals surface area (Å²) < 4.78 is 0. The highest BCUT2D eigenvalue weighted by Gasteiger charge is 2.21. The quantitative estimate of drug-likeness (QED) is 0.640. The second-order valence-electron chi connectivity index (χ2n) is 3.88. The topological polar surface area (TPSA) is 38.0 Å². The number of hydrogen-bond acceptors (Lipinski definition) is 2. The van der Waals surface area contributed by atoms with Crippen molar-refractivity contribution in [1.29, 1.82) is 0 Å². The van der Waals surface area contributed by atoms with Crippen molar-refractivity contribution >= 4 is 0 Å². The third kappa shape index (κ3) is 2.46. The molecule has 0 aromatic carbocycles. The van der Waals surface area contributed by atoms with Crippen LogP contribution >= 0.6 is 0 Å². The molecule has 1 atom stereocenters. The standard InChI is InChI=1S/C9H20N2/c1-7(2)9(6-10)11-8-4-3-5-8/h7-9,11H,3-6,10H2,1-2H3. The summed E-state index contributed by atoms with van der Waals surface area (Å²) in [7, 11) is 0. The fourth-order valence-electron chi connectivity index (χ4n) is 1.41. The van der Waals surface area contributed by atoms with Crippen molar-refractivity contribution in [3.63, 3.8) is 0 Å². The van der Waals surface area contributed by atoms with Crippen molar-refractivity contribution in [2.75, 3.05) is 6.54 Å². The van der Waals surface area contributed by atoms with Crippen molar-refractivity contribution in [2.45, 2.75) is 45.2 Å². The Morgan fingerprint density at radius 2 is 2.09 bits per heavy atom. The molecule has 0 radical (unpaired) electrons. The fraction of sp³-hybridized carbons (Fsp3) is 1.00. The molecule has 0 amide bonds. The molecule has 3 N–H and O–H groups in total. The summed E-state index contributed by atoms with van der Waals surface area (Å²) in [6.07, 6.45) is 4.10. The van der Waals surface area contributed by atoms with E-state index in [0.717, 1.165) is 12.6 Å². The van der Waals surface area contributed by atoms with Gasteiger partial charge in [-0.2, -0.15) is 0 Å². The second kappa shape index (κ2) is 4.07. The molecule has 1 rings (SSSR count). The minimum atomic E-state index is 0.528. The Morgan fingerprint density at radius 1 is 1.45 bits per heavy atom. The van der Waals surface area contributed by atoms with Gasteiger partial charge >= 0.3 is 0 Å². The van der Waals surface area contributed by atoms with Gasteiger partial charge in [0.05, 0.1) is 0 Å². The zero-order valence-corrected chi connectivity index (χ0v) is 7.64. The normalized spacial score (nSPS) is 21.8. The molecule has 0 saturated heterocycles. The third-order valence-corrected chi connectivity index (χ3v) is 2.61. The molecule has 1 fully saturated rings. The van der Waals surface area contributed by atoms with Crippen LogP contribution < -0.4 is 11.1 Å². The first-order chi connectivity index (χ1) is 5.24. The van der Waals surface area contributed by atoms with Crippen LogP contribution in [0.25, 0.3) is 0 Å². The van der Waals surface area contributed by atoms with Gasteiger partial charge in [0.25, 0.3) is 0 Å². The molecule has 2 heteroatoms. The van der Waals surface area contributed by atoms with Crippen LogP contribution in [0.2, 0.25) is 0 Å². The minimum Gasteiger partial charge on any atom is -0.329 e. The summed E-state index contributed by atoms with van der Waals surface area (Å²) in [4.78, 5) is 0. The van der Waals surface area contributed by atoms with Gasteiger partial charge < -0.3 is 11.1 Å². The van der Waals surface area contributed by atoms with Crippen LogP contribution in [0, 0.1) is 5.92 Å². The molecule has 1 unspecified atom stereocenters. The van der Waals surface area contributed by atoms with E-state index < -0.39 is 0 Å². The molecule has 0 aromatic heterocycles. The smallest absolute Gasteiger partial charge is 0.0215 e. The zero-order chi connectivity index (χ0) is 8.27. The summed E-state index contributed by atoms with van der Waals surface area (Å²) in [6.45, 7) is 5.22. The number of rotatable bonds is 4. The zero-order valence-electron chi connectivity index (χ0n) is 7.64. The van der Waals surface area contributed by atoms with E-state index in [-0.39, 0.29) is 0 Å². The van der Waals surface area contributed by atoms with Crippen molar-refractivity contribution in [3.8, 4) is 0 Å². The summed E-state index contributed by atoms with van der Waals surface area (Å²) in [6, 6.07) is 1.30. The van der Waals surface area contributed by atoms with E-state index in [2.05, 4.69) is 19.2 Å². The molecule has 1 aliphatic carbocycles. The first-order valence-corrected chi connectivity index (χ1v) is 4.70. The predicted molar refractivity (Wildman–Crippen MR) is 48.5 cm³/mol. The monoisotopic (exact) mass is 156 g/mol. The highest BCUT2D eigenvalue weighted by atomic mass is 15.0. The molecule has 11 heavy (non-hydrogen) atoms. The molecule has 0 aromatic rings. The Morgan fingerprint density at radius 3 is 2.36 bits per heavy atom. The van der Waals surface area contributed by atoms with Gasteiger partial charge in [0, 0.05) is 18.6 Å². The Balaban J connectivity index is 2.19. The Bertz CT molecular complexity index is 108. The van der Waals surface area contributed by atoms with Crippen molar-refractivity contribution in [1.82, 2.24) is 5.32 Å². The van der Waals surface area contributed by atoms with Crippen LogP contribution in [0.5, 0.6) is 0 Å². The van der Waals surface area contributed by atoms with Gasteiger partial charge in [-0.05, 0) is 18.8 Å². The molecule has 0 heterocycles. The van der Waals surface area contributed by atoms with Crippen LogP contribution in [0.4, 0.5) is 0 Å². The molecule has 66 valence electrons. The van der Waals surface area contributed by atoms with E-state index in [9.17, 15) is 0 Å². The minimum absolute atomic E-state index is 0.528. The predicted octanol–water partition coefficient (Wildman–Crippen LogP) is 1.11. The average Bonchev–Trinajstić information content (AvgIpc) is 1.85. The van der Waals surface area contributed by atoms with E-state index >= 15 is 0 Å². The first-order valence-electron chi connectivity index (χ1n) is 4.70. The lowest BCUT2D eigenvalue weighted by molar-refractivity contribution is 0.273. The van der Waals surface area contributed by atoms with Gasteiger partial charge in [0.15, 0.2) is 0 Å². The van der Waals surface area contributed by atoms with Crippen LogP contribution in [0.15, 0.2) is 0 Å². The average molecular weight is 156 g/mol. The van der Waals surface area contributed by atoms with Crippen molar-refractivity contribution in [2.24, 2.45) is 11.7 Å². The van der Waals surface area contributed by atoms with Gasteiger partial charge in [-0.15, -0.1) is 0 Å². The molecule has 1 saturated carbocycles. The maximum absolute atomic E-state index is 5.64. The number of hydrogen-bond donors (Lipinski definition) is 2. The first kappa shape index (κ1) is 9.01. The Hall–Kier alpha value is -0.0800. The third-order valence-electron chi connectivity index (χ3n) is 2.61. The summed E-state index contributed by atoms with van der Waals surface area (Å²) in [5, 5.41) is 3.58. The Kier molecular flexibility index (Phi) is 3.34. The largest absolute Gasteiger partial charge is 0.329 e. The van der Waals surface area contributed by atoms with Gasteiger partial charge in [-0.25, -0.2) is 0 Å². The highest BCUT2D eigenvalue weighted by Crippen LogP contribution is 2.19. The Labute approximate surface area is 69.5 Å². The second-order valence-corrected chi connectivity index (χ2v) is 3.88. The van der Waals surface area contributed by atoms with E-state index in [0.29, 0.717) is 12.0 Å². The molecule has 2 nitrogen and oxygen atoms in total. The number of nitrogens with two attached hydrogens (primary N) is 1. The van der Waals surface area contributed by atoms with Crippen molar-refractivity contribution < 1.29 is 0 Å². The van der Waals surface area contributed by atoms with Crippen LogP contribution in [-0.4, -0.2) is 18.6 Å². The van der Waals surface area contributed by atoms with Gasteiger partial charge in [0.2, 0.25) is 0 Å². The molecule has 0 aliphatic heterocycles. The van der Waals surface area contributed by atoms with E-state index in [1.165, 1.54) is 19.3 Å². The highest BCUT2D eigenvalue weighted by molar-refractivity contribution is 4.82. The number of nitrogens with one attached hydrogen (secondary N) is 1. The van der Waals surface area contributed by atoms with E-state index in [4.69, 9.17) is 5.73 Å². The maximum atomic E-state index is 5.64. The summed E-state index contributed by atoms with van der Waals surface area (Å²) in [5.74, 6) is 0.667. The lowest BCUT2D eigenvalue weighted by atomic mass is 9.91. The molecule has 1 aliphatic rings. The lowest BCUT2D eigenvalue weighted by Gasteiger charge is -2.32. The van der Waals surface area contributed by atoms with E-state index in [1.807, 2.05) is 0 Å². The van der Waals surface area contributed by atoms with Crippen LogP contribution in [0.1, 0.15) is 33.1 Å². The molecular weight excluding hydrogens is 136 g/mol. The SMILES string of the molecule is CC(C)C(CN)NC1CCC1. The summed E-state index contributed by atoms with van der Waals surface area (Å²) in [5.41, 5.74) is 5.64. The van der Waals surface area contributed by atoms with Gasteiger partial charge in [0.1, 0.15) is 0 Å². The molecular formula is C9H20N2. The molecule has 0 spiro atoms. The fourth-order valence-corrected chi connectivity index (χ4v) is 1.41. The van der Waals surface area contributed by atoms with Gasteiger partial charge in [-0.1, -0.05) is 20.3 Å². The van der Waals surface area contributed by atoms with Crippen LogP contribution in [-0.2, 0) is 0 Å². The van der Waals surface area contributed by atoms with E-state index in [1.54, 1.807) is 0 Å². The lowest BCUT2D eigenvalue weighted by Crippen LogP contribution is -2.48. The summed E-state index contributed by atoms with van der Waals surface area (Å²) >= 11 is 0.